The van der Waals surface area contributed by atoms with Crippen molar-refractivity contribution in [1.82, 2.24) is 0 Å². The van der Waals surface area contributed by atoms with Crippen LogP contribution in [0, 0.1) is 0 Å². The normalized spacial score (nSPS) is 11.6. The van der Waals surface area contributed by atoms with E-state index in [1.807, 2.05) is 12.1 Å². The van der Waals surface area contributed by atoms with E-state index < -0.39 is 0 Å². The number of para-hydroxylation sites is 1. The molecular weight excluding hydrogens is 671 g/mol. The van der Waals surface area contributed by atoms with Crippen LogP contribution in [0.2, 0.25) is 0 Å². The predicted molar refractivity (Wildman–Crippen MR) is 229 cm³/mol. The summed E-state index contributed by atoms with van der Waals surface area (Å²) < 4.78 is 12.9. The maximum Gasteiger partial charge on any atom is 0.143 e. The van der Waals surface area contributed by atoms with E-state index in [4.69, 9.17) is 8.83 Å². The van der Waals surface area contributed by atoms with Crippen molar-refractivity contribution in [3.8, 4) is 33.4 Å². The molecule has 0 N–H and O–H groups in total. The SMILES string of the molecule is c1ccc(-c2ccc(-c3ccc(N(c4ccc5oc6ccccc6c5c4)c4cccc5oc6c7ccccc7ccc6c45)cc3)c(-c3ccccc3)c2)cc1. The van der Waals surface area contributed by atoms with E-state index in [1.165, 1.54) is 27.8 Å². The van der Waals surface area contributed by atoms with Crippen LogP contribution < -0.4 is 4.90 Å². The molecule has 0 saturated carbocycles. The Bertz CT molecular complexity index is 3190. The van der Waals surface area contributed by atoms with Crippen LogP contribution in [0.4, 0.5) is 17.1 Å². The Hall–Kier alpha value is -7.36. The summed E-state index contributed by atoms with van der Waals surface area (Å²) in [4.78, 5) is 2.36. The molecule has 0 atom stereocenters. The molecule has 0 unspecified atom stereocenters. The van der Waals surface area contributed by atoms with Crippen LogP contribution in [-0.4, -0.2) is 0 Å². The maximum atomic E-state index is 6.68. The fourth-order valence-electron chi connectivity index (χ4n) is 8.25. The van der Waals surface area contributed by atoms with E-state index >= 15 is 0 Å². The van der Waals surface area contributed by atoms with Gasteiger partial charge in [-0.15, -0.1) is 0 Å². The molecule has 3 heteroatoms. The lowest BCUT2D eigenvalue weighted by Crippen LogP contribution is -2.10. The number of nitrogens with zero attached hydrogens (tertiary/aromatic N) is 1. The lowest BCUT2D eigenvalue weighted by Gasteiger charge is -2.26. The van der Waals surface area contributed by atoms with Gasteiger partial charge in [-0.25, -0.2) is 0 Å². The van der Waals surface area contributed by atoms with E-state index in [2.05, 4.69) is 193 Å². The first-order valence-electron chi connectivity index (χ1n) is 18.7. The summed E-state index contributed by atoms with van der Waals surface area (Å²) in [6.45, 7) is 0. The van der Waals surface area contributed by atoms with Gasteiger partial charge in [0.1, 0.15) is 22.3 Å². The molecule has 2 heterocycles. The van der Waals surface area contributed by atoms with Crippen molar-refractivity contribution in [2.75, 3.05) is 4.90 Å². The Morgan fingerprint density at radius 1 is 0.327 bits per heavy atom. The molecule has 11 aromatic rings. The molecule has 0 fully saturated rings. The molecule has 258 valence electrons. The summed E-state index contributed by atoms with van der Waals surface area (Å²) in [6.07, 6.45) is 0. The minimum atomic E-state index is 0.853. The number of furan rings is 2. The zero-order valence-electron chi connectivity index (χ0n) is 29.8. The summed E-state index contributed by atoms with van der Waals surface area (Å²) in [5.41, 5.74) is 13.7. The van der Waals surface area contributed by atoms with Crippen LogP contribution >= 0.6 is 0 Å². The Balaban J connectivity index is 1.11. The average molecular weight is 704 g/mol. The molecular formula is C52H33NO2. The lowest BCUT2D eigenvalue weighted by molar-refractivity contribution is 0.669. The van der Waals surface area contributed by atoms with E-state index in [-0.39, 0.29) is 0 Å². The fraction of sp³-hybridized carbons (Fsp3) is 0. The lowest BCUT2D eigenvalue weighted by atomic mass is 9.91. The standard InChI is InChI=1S/C52H33NO2/c1-3-12-34(13-4-1)38-25-29-41(45(32-38)35-14-5-2-6-15-35)37-22-26-39(27-23-37)53(40-28-31-49-46(33-40)43-18-9-10-20-48(43)54-49)47-19-11-21-50-51(47)44-30-24-36-16-7-8-17-42(36)52(44)55-50/h1-33H. The van der Waals surface area contributed by atoms with Gasteiger partial charge in [0, 0.05) is 32.9 Å². The van der Waals surface area contributed by atoms with Gasteiger partial charge < -0.3 is 13.7 Å². The number of hydrogen-bond acceptors (Lipinski definition) is 3. The number of benzene rings is 9. The zero-order valence-corrected chi connectivity index (χ0v) is 29.8. The molecule has 0 aliphatic carbocycles. The van der Waals surface area contributed by atoms with Crippen LogP contribution in [0.25, 0.3) is 88.0 Å². The second kappa shape index (κ2) is 12.6. The maximum absolute atomic E-state index is 6.68. The number of anilines is 3. The predicted octanol–water partition coefficient (Wildman–Crippen LogP) is 15.1. The van der Waals surface area contributed by atoms with E-state index in [9.17, 15) is 0 Å². The minimum absolute atomic E-state index is 0.853. The molecule has 0 aliphatic heterocycles. The van der Waals surface area contributed by atoms with Crippen LogP contribution in [0.15, 0.2) is 209 Å². The number of hydrogen-bond donors (Lipinski definition) is 0. The summed E-state index contributed by atoms with van der Waals surface area (Å²) in [5.74, 6) is 0. The summed E-state index contributed by atoms with van der Waals surface area (Å²) in [5, 5.41) is 6.61. The van der Waals surface area contributed by atoms with Crippen molar-refractivity contribution in [2.45, 2.75) is 0 Å². The topological polar surface area (TPSA) is 29.5 Å². The molecule has 55 heavy (non-hydrogen) atoms. The fourth-order valence-corrected chi connectivity index (χ4v) is 8.25. The smallest absolute Gasteiger partial charge is 0.143 e. The van der Waals surface area contributed by atoms with Crippen molar-refractivity contribution in [3.63, 3.8) is 0 Å². The van der Waals surface area contributed by atoms with Gasteiger partial charge in [-0.2, -0.15) is 0 Å². The average Bonchev–Trinajstić information content (AvgIpc) is 3.84. The Morgan fingerprint density at radius 2 is 0.982 bits per heavy atom. The van der Waals surface area contributed by atoms with E-state index in [1.54, 1.807) is 0 Å². The number of rotatable bonds is 6. The minimum Gasteiger partial charge on any atom is -0.456 e. The van der Waals surface area contributed by atoms with Crippen LogP contribution in [-0.2, 0) is 0 Å². The highest BCUT2D eigenvalue weighted by atomic mass is 16.3. The first-order valence-corrected chi connectivity index (χ1v) is 18.7. The highest BCUT2D eigenvalue weighted by Gasteiger charge is 2.22. The molecule has 0 bridgehead atoms. The first-order chi connectivity index (χ1) is 27.3. The second-order valence-electron chi connectivity index (χ2n) is 14.1. The number of fused-ring (bicyclic) bond motifs is 8. The van der Waals surface area contributed by atoms with Crippen molar-refractivity contribution in [1.29, 1.82) is 0 Å². The van der Waals surface area contributed by atoms with Crippen LogP contribution in [0.5, 0.6) is 0 Å². The van der Waals surface area contributed by atoms with Gasteiger partial charge in [0.05, 0.1) is 11.1 Å². The Kier molecular flexibility index (Phi) is 7.17. The first kappa shape index (κ1) is 31.2. The van der Waals surface area contributed by atoms with Crippen molar-refractivity contribution in [2.24, 2.45) is 0 Å². The quantitative estimate of drug-likeness (QED) is 0.173. The third-order valence-electron chi connectivity index (χ3n) is 10.9. The van der Waals surface area contributed by atoms with Gasteiger partial charge in [0.2, 0.25) is 0 Å². The molecule has 11 rings (SSSR count). The third kappa shape index (κ3) is 5.20. The summed E-state index contributed by atoms with van der Waals surface area (Å²) in [7, 11) is 0. The highest BCUT2D eigenvalue weighted by Crippen LogP contribution is 2.46. The Morgan fingerprint density at radius 3 is 1.82 bits per heavy atom. The van der Waals surface area contributed by atoms with Crippen molar-refractivity contribution < 1.29 is 8.83 Å². The summed E-state index contributed by atoms with van der Waals surface area (Å²) in [6, 6.07) is 71.0. The van der Waals surface area contributed by atoms with Gasteiger partial charge in [0.25, 0.3) is 0 Å². The van der Waals surface area contributed by atoms with E-state index in [0.717, 1.165) is 77.3 Å². The molecule has 0 spiro atoms. The molecule has 0 amide bonds. The summed E-state index contributed by atoms with van der Waals surface area (Å²) >= 11 is 0. The van der Waals surface area contributed by atoms with E-state index in [0.29, 0.717) is 0 Å². The van der Waals surface area contributed by atoms with Crippen molar-refractivity contribution >= 4 is 71.7 Å². The van der Waals surface area contributed by atoms with Gasteiger partial charge in [-0.05, 0) is 99.4 Å². The van der Waals surface area contributed by atoms with Gasteiger partial charge in [-0.1, -0.05) is 140 Å². The molecule has 0 radical (unpaired) electrons. The largest absolute Gasteiger partial charge is 0.456 e. The molecule has 0 aliphatic rings. The van der Waals surface area contributed by atoms with Gasteiger partial charge >= 0.3 is 0 Å². The van der Waals surface area contributed by atoms with Gasteiger partial charge in [0.15, 0.2) is 0 Å². The third-order valence-corrected chi connectivity index (χ3v) is 10.9. The van der Waals surface area contributed by atoms with Crippen LogP contribution in [0.1, 0.15) is 0 Å². The molecule has 0 saturated heterocycles. The van der Waals surface area contributed by atoms with Crippen LogP contribution in [0.3, 0.4) is 0 Å². The monoisotopic (exact) mass is 703 g/mol. The van der Waals surface area contributed by atoms with Crippen molar-refractivity contribution in [3.05, 3.63) is 200 Å². The Labute approximate surface area is 317 Å². The second-order valence-corrected chi connectivity index (χ2v) is 14.1. The highest BCUT2D eigenvalue weighted by molar-refractivity contribution is 6.20. The molecule has 3 nitrogen and oxygen atoms in total. The van der Waals surface area contributed by atoms with Gasteiger partial charge in [-0.3, -0.25) is 0 Å². The zero-order chi connectivity index (χ0) is 36.3. The molecule has 2 aromatic heterocycles. The molecule has 9 aromatic carbocycles.